The number of benzene rings is 1. The first-order valence-corrected chi connectivity index (χ1v) is 5.90. The van der Waals surface area contributed by atoms with Gasteiger partial charge in [0.2, 0.25) is 5.95 Å². The number of anilines is 1. The maximum absolute atomic E-state index is 13.1. The normalized spacial score (nSPS) is 11.1. The predicted octanol–water partition coefficient (Wildman–Crippen LogP) is 2.26. The highest BCUT2D eigenvalue weighted by atomic mass is 32.1. The number of nitrogen functional groups attached to an aromatic ring is 1. The molecule has 0 radical (unpaired) electrons. The van der Waals surface area contributed by atoms with Gasteiger partial charge in [0.25, 0.3) is 0 Å². The van der Waals surface area contributed by atoms with Gasteiger partial charge in [0, 0.05) is 17.1 Å². The van der Waals surface area contributed by atoms with Gasteiger partial charge in [0.15, 0.2) is 0 Å². The summed E-state index contributed by atoms with van der Waals surface area (Å²) in [6.07, 6.45) is 1.79. The molecular weight excluding hydrogens is 239 g/mol. The standard InChI is InChI=1S/C11H9FN4S/c12-7-1-2-10-9(3-7)15-11(13)16(10)5-8-4-14-6-17-8/h1-4,6H,5H2,(H2,13,15). The molecule has 3 rings (SSSR count). The smallest absolute Gasteiger partial charge is 0.201 e. The lowest BCUT2D eigenvalue weighted by Gasteiger charge is -2.03. The van der Waals surface area contributed by atoms with Gasteiger partial charge in [-0.3, -0.25) is 4.98 Å². The molecule has 2 heterocycles. The summed E-state index contributed by atoms with van der Waals surface area (Å²) < 4.78 is 14.9. The van der Waals surface area contributed by atoms with Crippen LogP contribution in [0.4, 0.5) is 10.3 Å². The van der Waals surface area contributed by atoms with Gasteiger partial charge < -0.3 is 10.3 Å². The van der Waals surface area contributed by atoms with E-state index in [0.717, 1.165) is 10.4 Å². The Morgan fingerprint density at radius 1 is 1.41 bits per heavy atom. The van der Waals surface area contributed by atoms with Gasteiger partial charge in [-0.15, -0.1) is 11.3 Å². The number of thiazole rings is 1. The Balaban J connectivity index is 2.12. The van der Waals surface area contributed by atoms with Gasteiger partial charge in [-0.1, -0.05) is 0 Å². The molecule has 2 aromatic heterocycles. The zero-order valence-corrected chi connectivity index (χ0v) is 9.62. The number of imidazole rings is 1. The van der Waals surface area contributed by atoms with Crippen molar-refractivity contribution in [3.63, 3.8) is 0 Å². The fraction of sp³-hybridized carbons (Fsp3) is 0.0909. The Hall–Kier alpha value is -1.95. The van der Waals surface area contributed by atoms with Crippen molar-refractivity contribution in [3.8, 4) is 0 Å². The monoisotopic (exact) mass is 248 g/mol. The van der Waals surface area contributed by atoms with E-state index in [-0.39, 0.29) is 5.82 Å². The number of halogens is 1. The van der Waals surface area contributed by atoms with Crippen LogP contribution in [0.3, 0.4) is 0 Å². The van der Waals surface area contributed by atoms with E-state index in [1.165, 1.54) is 12.1 Å². The first kappa shape index (κ1) is 10.2. The lowest BCUT2D eigenvalue weighted by Crippen LogP contribution is -2.03. The Bertz CT molecular complexity index is 659. The summed E-state index contributed by atoms with van der Waals surface area (Å²) in [6, 6.07) is 4.48. The Morgan fingerprint density at radius 2 is 2.29 bits per heavy atom. The van der Waals surface area contributed by atoms with E-state index >= 15 is 0 Å². The second-order valence-corrected chi connectivity index (χ2v) is 4.63. The Labute approximate surface area is 101 Å². The molecule has 3 aromatic rings. The third kappa shape index (κ3) is 1.76. The molecule has 0 amide bonds. The topological polar surface area (TPSA) is 56.7 Å². The van der Waals surface area contributed by atoms with Crippen LogP contribution in [0.5, 0.6) is 0 Å². The number of hydrogen-bond donors (Lipinski definition) is 1. The number of rotatable bonds is 2. The van der Waals surface area contributed by atoms with Crippen LogP contribution in [-0.2, 0) is 6.54 Å². The fourth-order valence-corrected chi connectivity index (χ4v) is 2.35. The molecule has 4 nitrogen and oxygen atoms in total. The summed E-state index contributed by atoms with van der Waals surface area (Å²) >= 11 is 1.55. The van der Waals surface area contributed by atoms with Crippen molar-refractivity contribution in [3.05, 3.63) is 40.6 Å². The summed E-state index contributed by atoms with van der Waals surface area (Å²) in [5, 5.41) is 0. The third-order valence-electron chi connectivity index (χ3n) is 2.54. The quantitative estimate of drug-likeness (QED) is 0.756. The minimum Gasteiger partial charge on any atom is -0.369 e. The molecule has 1 aromatic carbocycles. The number of hydrogen-bond acceptors (Lipinski definition) is 4. The second-order valence-electron chi connectivity index (χ2n) is 3.66. The van der Waals surface area contributed by atoms with Crippen LogP contribution >= 0.6 is 11.3 Å². The highest BCUT2D eigenvalue weighted by Crippen LogP contribution is 2.21. The SMILES string of the molecule is Nc1nc2cc(F)ccc2n1Cc1cncs1. The maximum Gasteiger partial charge on any atom is 0.201 e. The molecule has 0 aliphatic rings. The number of aromatic nitrogens is 3. The molecule has 86 valence electrons. The van der Waals surface area contributed by atoms with Crippen molar-refractivity contribution in [1.82, 2.24) is 14.5 Å². The van der Waals surface area contributed by atoms with Gasteiger partial charge >= 0.3 is 0 Å². The van der Waals surface area contributed by atoms with Crippen LogP contribution in [0, 0.1) is 5.82 Å². The van der Waals surface area contributed by atoms with E-state index in [0.29, 0.717) is 18.0 Å². The molecule has 0 atom stereocenters. The summed E-state index contributed by atoms with van der Waals surface area (Å²) in [6.45, 7) is 0.610. The molecule has 0 bridgehead atoms. The third-order valence-corrected chi connectivity index (χ3v) is 3.30. The zero-order chi connectivity index (χ0) is 11.8. The second kappa shape index (κ2) is 3.81. The first-order chi connectivity index (χ1) is 8.24. The molecular formula is C11H9FN4S. The van der Waals surface area contributed by atoms with Crippen molar-refractivity contribution in [1.29, 1.82) is 0 Å². The predicted molar refractivity (Wildman–Crippen MR) is 65.3 cm³/mol. The molecule has 0 aliphatic heterocycles. The summed E-state index contributed by atoms with van der Waals surface area (Å²) in [7, 11) is 0. The summed E-state index contributed by atoms with van der Waals surface area (Å²) in [4.78, 5) is 9.23. The van der Waals surface area contributed by atoms with Crippen molar-refractivity contribution >= 4 is 28.3 Å². The lowest BCUT2D eigenvalue weighted by atomic mass is 10.3. The van der Waals surface area contributed by atoms with E-state index in [1.54, 1.807) is 29.1 Å². The van der Waals surface area contributed by atoms with E-state index in [2.05, 4.69) is 9.97 Å². The van der Waals surface area contributed by atoms with Gasteiger partial charge in [-0.05, 0) is 12.1 Å². The zero-order valence-electron chi connectivity index (χ0n) is 8.80. The Morgan fingerprint density at radius 3 is 3.06 bits per heavy atom. The van der Waals surface area contributed by atoms with Crippen LogP contribution in [0.1, 0.15) is 4.88 Å². The van der Waals surface area contributed by atoms with E-state index in [1.807, 2.05) is 4.57 Å². The molecule has 0 fully saturated rings. The molecule has 0 saturated heterocycles. The van der Waals surface area contributed by atoms with Gasteiger partial charge in [-0.2, -0.15) is 0 Å². The average molecular weight is 248 g/mol. The van der Waals surface area contributed by atoms with Gasteiger partial charge in [0.1, 0.15) is 5.82 Å². The molecule has 6 heteroatoms. The van der Waals surface area contributed by atoms with Crippen LogP contribution in [0.15, 0.2) is 29.9 Å². The summed E-state index contributed by atoms with van der Waals surface area (Å²) in [5.41, 5.74) is 9.01. The summed E-state index contributed by atoms with van der Waals surface area (Å²) in [5.74, 6) is 0.0824. The lowest BCUT2D eigenvalue weighted by molar-refractivity contribution is 0.629. The van der Waals surface area contributed by atoms with Crippen LogP contribution in [0.25, 0.3) is 11.0 Å². The molecule has 2 N–H and O–H groups in total. The van der Waals surface area contributed by atoms with E-state index in [4.69, 9.17) is 5.73 Å². The van der Waals surface area contributed by atoms with Crippen molar-refractivity contribution < 1.29 is 4.39 Å². The highest BCUT2D eigenvalue weighted by molar-refractivity contribution is 7.09. The number of nitrogens with zero attached hydrogens (tertiary/aromatic N) is 3. The number of fused-ring (bicyclic) bond motifs is 1. The largest absolute Gasteiger partial charge is 0.369 e. The maximum atomic E-state index is 13.1. The number of nitrogens with two attached hydrogens (primary N) is 1. The molecule has 0 saturated carbocycles. The Kier molecular flexibility index (Phi) is 2.29. The van der Waals surface area contributed by atoms with E-state index in [9.17, 15) is 4.39 Å². The van der Waals surface area contributed by atoms with Crippen LogP contribution < -0.4 is 5.73 Å². The average Bonchev–Trinajstić information content (AvgIpc) is 2.88. The van der Waals surface area contributed by atoms with Crippen molar-refractivity contribution in [2.75, 3.05) is 5.73 Å². The van der Waals surface area contributed by atoms with Gasteiger partial charge in [-0.25, -0.2) is 9.37 Å². The molecule has 0 spiro atoms. The van der Waals surface area contributed by atoms with Crippen LogP contribution in [-0.4, -0.2) is 14.5 Å². The minimum absolute atomic E-state index is 0.306. The fourth-order valence-electron chi connectivity index (χ4n) is 1.76. The van der Waals surface area contributed by atoms with Crippen molar-refractivity contribution in [2.45, 2.75) is 6.54 Å². The molecule has 17 heavy (non-hydrogen) atoms. The molecule has 0 unspecified atom stereocenters. The minimum atomic E-state index is -0.306. The molecule has 0 aliphatic carbocycles. The van der Waals surface area contributed by atoms with Crippen LogP contribution in [0.2, 0.25) is 0 Å². The van der Waals surface area contributed by atoms with E-state index < -0.39 is 0 Å². The highest BCUT2D eigenvalue weighted by Gasteiger charge is 2.09. The van der Waals surface area contributed by atoms with Crippen molar-refractivity contribution in [2.24, 2.45) is 0 Å². The first-order valence-electron chi connectivity index (χ1n) is 5.02. The van der Waals surface area contributed by atoms with Gasteiger partial charge in [0.05, 0.1) is 23.1 Å².